The van der Waals surface area contributed by atoms with Gasteiger partial charge in [-0.2, -0.15) is 0 Å². The van der Waals surface area contributed by atoms with Gasteiger partial charge in [-0.25, -0.2) is 0 Å². The van der Waals surface area contributed by atoms with Crippen molar-refractivity contribution in [2.24, 2.45) is 5.92 Å². The predicted octanol–water partition coefficient (Wildman–Crippen LogP) is 4.25. The topological polar surface area (TPSA) is 20.2 Å². The van der Waals surface area contributed by atoms with E-state index >= 15 is 0 Å². The van der Waals surface area contributed by atoms with Gasteiger partial charge in [0.2, 0.25) is 0 Å². The Hall–Kier alpha value is -0.820. The van der Waals surface area contributed by atoms with Crippen molar-refractivity contribution in [3.8, 4) is 0 Å². The maximum atomic E-state index is 8.72. The van der Waals surface area contributed by atoms with Crippen molar-refractivity contribution in [3.63, 3.8) is 0 Å². The summed E-state index contributed by atoms with van der Waals surface area (Å²) in [5, 5.41) is 8.72. The first-order valence-corrected chi connectivity index (χ1v) is 6.14. The number of aliphatic hydroxyl groups is 1. The van der Waals surface area contributed by atoms with Gasteiger partial charge in [-0.15, -0.1) is 0 Å². The largest absolute Gasteiger partial charge is 0.392 e. The highest BCUT2D eigenvalue weighted by atomic mass is 16.2. The van der Waals surface area contributed by atoms with Crippen LogP contribution in [0.3, 0.4) is 0 Å². The molecule has 0 saturated heterocycles. The average molecular weight is 222 g/mol. The van der Waals surface area contributed by atoms with Crippen molar-refractivity contribution in [3.05, 3.63) is 35.5 Å². The molecule has 0 aromatic rings. The Balaban J connectivity index is 3.74. The van der Waals surface area contributed by atoms with Crippen LogP contribution in [0, 0.1) is 5.92 Å². The molecule has 1 heteroatoms. The Morgan fingerprint density at radius 3 is 2.50 bits per heavy atom. The molecule has 1 atom stereocenters. The van der Waals surface area contributed by atoms with E-state index in [1.54, 1.807) is 0 Å². The minimum Gasteiger partial charge on any atom is -0.392 e. The summed E-state index contributed by atoms with van der Waals surface area (Å²) in [6, 6.07) is 0. The first-order chi connectivity index (χ1) is 7.56. The lowest BCUT2D eigenvalue weighted by Crippen LogP contribution is -1.90. The van der Waals surface area contributed by atoms with E-state index in [2.05, 4.69) is 45.9 Å². The van der Waals surface area contributed by atoms with Crippen LogP contribution in [0.25, 0.3) is 0 Å². The minimum atomic E-state index is 0.169. The highest BCUT2D eigenvalue weighted by Crippen LogP contribution is 2.13. The van der Waals surface area contributed by atoms with E-state index in [-0.39, 0.29) is 6.61 Å². The van der Waals surface area contributed by atoms with Crippen LogP contribution in [0.2, 0.25) is 0 Å². The normalized spacial score (nSPS) is 14.2. The molecule has 0 aromatic carbocycles. The molecule has 0 rings (SSSR count). The quantitative estimate of drug-likeness (QED) is 0.504. The van der Waals surface area contributed by atoms with E-state index in [0.29, 0.717) is 5.92 Å². The number of hydrogen-bond acceptors (Lipinski definition) is 1. The van der Waals surface area contributed by atoms with E-state index in [9.17, 15) is 0 Å². The zero-order chi connectivity index (χ0) is 12.4. The van der Waals surface area contributed by atoms with Gasteiger partial charge in [0, 0.05) is 0 Å². The van der Waals surface area contributed by atoms with Gasteiger partial charge in [0.1, 0.15) is 0 Å². The van der Waals surface area contributed by atoms with Gasteiger partial charge < -0.3 is 5.11 Å². The molecule has 92 valence electrons. The molecular weight excluding hydrogens is 196 g/mol. The third kappa shape index (κ3) is 9.72. The SMILES string of the molecule is CC(C)=CC=CC(C)CCC/C(C)=C/CO. The summed E-state index contributed by atoms with van der Waals surface area (Å²) in [5.41, 5.74) is 2.63. The van der Waals surface area contributed by atoms with Crippen LogP contribution in [0.1, 0.15) is 47.0 Å². The molecular formula is C15H26O. The van der Waals surface area contributed by atoms with Crippen LogP contribution in [0.15, 0.2) is 35.5 Å². The van der Waals surface area contributed by atoms with E-state index in [0.717, 1.165) is 6.42 Å². The second-order valence-corrected chi connectivity index (χ2v) is 4.73. The van der Waals surface area contributed by atoms with Crippen LogP contribution < -0.4 is 0 Å². The summed E-state index contributed by atoms with van der Waals surface area (Å²) < 4.78 is 0. The maximum Gasteiger partial charge on any atom is 0.0614 e. The molecule has 0 bridgehead atoms. The van der Waals surface area contributed by atoms with Crippen LogP contribution in [-0.4, -0.2) is 11.7 Å². The predicted molar refractivity (Wildman–Crippen MR) is 72.4 cm³/mol. The Morgan fingerprint density at radius 2 is 1.94 bits per heavy atom. The third-order valence-corrected chi connectivity index (χ3v) is 2.54. The van der Waals surface area contributed by atoms with Gasteiger partial charge in [0.15, 0.2) is 0 Å². The number of aliphatic hydroxyl groups excluding tert-OH is 1. The second-order valence-electron chi connectivity index (χ2n) is 4.73. The van der Waals surface area contributed by atoms with Gasteiger partial charge in [-0.05, 0) is 46.0 Å². The van der Waals surface area contributed by atoms with Crippen molar-refractivity contribution in [1.82, 2.24) is 0 Å². The first kappa shape index (κ1) is 15.2. The smallest absolute Gasteiger partial charge is 0.0614 e. The summed E-state index contributed by atoms with van der Waals surface area (Å²) in [7, 11) is 0. The average Bonchev–Trinajstić information content (AvgIpc) is 2.17. The van der Waals surface area contributed by atoms with E-state index < -0.39 is 0 Å². The van der Waals surface area contributed by atoms with Crippen molar-refractivity contribution in [2.45, 2.75) is 47.0 Å². The van der Waals surface area contributed by atoms with E-state index in [4.69, 9.17) is 5.11 Å². The maximum absolute atomic E-state index is 8.72. The fraction of sp³-hybridized carbons (Fsp3) is 0.600. The molecule has 0 aliphatic rings. The van der Waals surface area contributed by atoms with E-state index in [1.165, 1.54) is 24.0 Å². The van der Waals surface area contributed by atoms with Gasteiger partial charge in [0.25, 0.3) is 0 Å². The van der Waals surface area contributed by atoms with Crippen molar-refractivity contribution in [2.75, 3.05) is 6.61 Å². The van der Waals surface area contributed by atoms with Crippen LogP contribution >= 0.6 is 0 Å². The lowest BCUT2D eigenvalue weighted by Gasteiger charge is -2.05. The molecule has 0 aromatic heterocycles. The molecule has 1 nitrogen and oxygen atoms in total. The summed E-state index contributed by atoms with van der Waals surface area (Å²) in [5.74, 6) is 0.637. The lowest BCUT2D eigenvalue weighted by atomic mass is 10.0. The number of rotatable bonds is 7. The van der Waals surface area contributed by atoms with Gasteiger partial charge in [-0.3, -0.25) is 0 Å². The second kappa shape index (κ2) is 9.41. The Bertz CT molecular complexity index is 255. The van der Waals surface area contributed by atoms with Crippen LogP contribution in [0.5, 0.6) is 0 Å². The summed E-state index contributed by atoms with van der Waals surface area (Å²) >= 11 is 0. The number of allylic oxidation sites excluding steroid dienone is 5. The molecule has 16 heavy (non-hydrogen) atoms. The summed E-state index contributed by atoms with van der Waals surface area (Å²) in [6.45, 7) is 8.72. The van der Waals surface area contributed by atoms with Crippen molar-refractivity contribution >= 4 is 0 Å². The highest BCUT2D eigenvalue weighted by molar-refractivity contribution is 5.09. The zero-order valence-corrected chi connectivity index (χ0v) is 11.2. The Kier molecular flexibility index (Phi) is 8.93. The molecule has 0 radical (unpaired) electrons. The van der Waals surface area contributed by atoms with Gasteiger partial charge in [-0.1, -0.05) is 42.4 Å². The molecule has 1 unspecified atom stereocenters. The summed E-state index contributed by atoms with van der Waals surface area (Å²) in [6.07, 6.45) is 12.0. The first-order valence-electron chi connectivity index (χ1n) is 6.14. The molecule has 0 fully saturated rings. The minimum absolute atomic E-state index is 0.169. The number of hydrogen-bond donors (Lipinski definition) is 1. The Labute approximate surface area is 101 Å². The molecule has 1 N–H and O–H groups in total. The van der Waals surface area contributed by atoms with Crippen LogP contribution in [-0.2, 0) is 0 Å². The molecule has 0 heterocycles. The van der Waals surface area contributed by atoms with Crippen molar-refractivity contribution < 1.29 is 5.11 Å². The highest BCUT2D eigenvalue weighted by Gasteiger charge is 1.97. The lowest BCUT2D eigenvalue weighted by molar-refractivity contribution is 0.341. The standard InChI is InChI=1S/C15H26O/c1-13(2)7-5-8-14(3)9-6-10-15(4)11-12-16/h5,7-8,11,14,16H,6,9-10,12H2,1-4H3/b8-5?,15-11+. The van der Waals surface area contributed by atoms with Gasteiger partial charge >= 0.3 is 0 Å². The molecule has 0 aliphatic carbocycles. The van der Waals surface area contributed by atoms with E-state index in [1.807, 2.05) is 6.08 Å². The molecule has 0 amide bonds. The summed E-state index contributed by atoms with van der Waals surface area (Å²) in [4.78, 5) is 0. The third-order valence-electron chi connectivity index (χ3n) is 2.54. The van der Waals surface area contributed by atoms with Crippen LogP contribution in [0.4, 0.5) is 0 Å². The van der Waals surface area contributed by atoms with Gasteiger partial charge in [0.05, 0.1) is 6.61 Å². The Morgan fingerprint density at radius 1 is 1.25 bits per heavy atom. The zero-order valence-electron chi connectivity index (χ0n) is 11.2. The molecule has 0 aliphatic heterocycles. The van der Waals surface area contributed by atoms with Crippen molar-refractivity contribution in [1.29, 1.82) is 0 Å². The fourth-order valence-corrected chi connectivity index (χ4v) is 1.49. The fourth-order valence-electron chi connectivity index (χ4n) is 1.49. The monoisotopic (exact) mass is 222 g/mol. The molecule has 0 saturated carbocycles. The molecule has 0 spiro atoms.